The maximum Gasteiger partial charge on any atom is 0.307 e. The highest BCUT2D eigenvalue weighted by atomic mass is 16.5. The number of aliphatic carboxylic acids is 1. The van der Waals surface area contributed by atoms with Crippen molar-refractivity contribution in [3.05, 3.63) is 11.6 Å². The predicted octanol–water partition coefficient (Wildman–Crippen LogP) is 4.58. The van der Waals surface area contributed by atoms with Crippen LogP contribution in [0.4, 0.5) is 0 Å². The Hall–Kier alpha value is -1.32. The van der Waals surface area contributed by atoms with Crippen LogP contribution >= 0.6 is 0 Å². The third kappa shape index (κ3) is 2.55. The minimum atomic E-state index is -0.589. The molecule has 0 saturated heterocycles. The highest BCUT2D eigenvalue weighted by molar-refractivity contribution is 5.71. The number of carbonyl (C=O) groups is 2. The van der Waals surface area contributed by atoms with Gasteiger partial charge in [0.1, 0.15) is 6.10 Å². The fourth-order valence-electron chi connectivity index (χ4n) is 7.37. The summed E-state index contributed by atoms with van der Waals surface area (Å²) in [7, 11) is 0. The highest BCUT2D eigenvalue weighted by Gasteiger charge is 2.60. The molecule has 7 atom stereocenters. The van der Waals surface area contributed by atoms with E-state index in [0.29, 0.717) is 17.8 Å². The molecule has 0 radical (unpaired) electrons. The first-order chi connectivity index (χ1) is 12.3. The van der Waals surface area contributed by atoms with Crippen molar-refractivity contribution >= 4 is 11.9 Å². The second-order valence-electron chi connectivity index (χ2n) is 9.75. The average molecular weight is 360 g/mol. The molecule has 4 aliphatic rings. The number of carboxylic acid groups (broad SMARTS) is 1. The third-order valence-electron chi connectivity index (χ3n) is 8.69. The molecule has 3 saturated carbocycles. The number of hydrogen-bond donors (Lipinski definition) is 1. The second-order valence-corrected chi connectivity index (χ2v) is 9.75. The summed E-state index contributed by atoms with van der Waals surface area (Å²) < 4.78 is 5.50. The van der Waals surface area contributed by atoms with E-state index in [-0.39, 0.29) is 28.8 Å². The van der Waals surface area contributed by atoms with Crippen LogP contribution in [0, 0.1) is 34.5 Å². The van der Waals surface area contributed by atoms with Crippen LogP contribution in [0.25, 0.3) is 0 Å². The first-order valence-electron chi connectivity index (χ1n) is 10.4. The quantitative estimate of drug-likeness (QED) is 0.578. The summed E-state index contributed by atoms with van der Waals surface area (Å²) in [5.41, 5.74) is 1.68. The van der Waals surface area contributed by atoms with Crippen LogP contribution in [0.1, 0.15) is 72.1 Å². The van der Waals surface area contributed by atoms with Gasteiger partial charge in [0.05, 0.1) is 5.92 Å². The number of carbonyl (C=O) groups excluding carboxylic acids is 1. The van der Waals surface area contributed by atoms with Crippen molar-refractivity contribution in [2.24, 2.45) is 34.5 Å². The Morgan fingerprint density at radius 3 is 2.58 bits per heavy atom. The SMILES string of the molecule is CC(=O)O[C@H]1CC[C@@]2(C)C(=CC[C@H]3[C@H]4CC[C@H](C(=O)O)[C@]4(C)CC[C@H]32)C1. The van der Waals surface area contributed by atoms with Gasteiger partial charge in [-0.25, -0.2) is 0 Å². The molecule has 0 aromatic carbocycles. The van der Waals surface area contributed by atoms with Crippen LogP contribution in [0.5, 0.6) is 0 Å². The van der Waals surface area contributed by atoms with E-state index in [1.807, 2.05) is 0 Å². The monoisotopic (exact) mass is 360 g/mol. The van der Waals surface area contributed by atoms with Gasteiger partial charge in [0.15, 0.2) is 0 Å². The molecule has 0 aliphatic heterocycles. The van der Waals surface area contributed by atoms with Crippen molar-refractivity contribution in [3.63, 3.8) is 0 Å². The van der Waals surface area contributed by atoms with E-state index in [1.54, 1.807) is 0 Å². The van der Waals surface area contributed by atoms with Crippen molar-refractivity contribution in [2.75, 3.05) is 0 Å². The van der Waals surface area contributed by atoms with Gasteiger partial charge in [0.2, 0.25) is 0 Å². The molecule has 1 N–H and O–H groups in total. The third-order valence-corrected chi connectivity index (χ3v) is 8.69. The topological polar surface area (TPSA) is 63.6 Å². The fourth-order valence-corrected chi connectivity index (χ4v) is 7.37. The largest absolute Gasteiger partial charge is 0.481 e. The molecule has 0 heterocycles. The molecular weight excluding hydrogens is 328 g/mol. The van der Waals surface area contributed by atoms with Gasteiger partial charge in [-0.1, -0.05) is 25.5 Å². The van der Waals surface area contributed by atoms with E-state index in [1.165, 1.54) is 12.5 Å². The van der Waals surface area contributed by atoms with E-state index < -0.39 is 5.97 Å². The minimum Gasteiger partial charge on any atom is -0.481 e. The molecule has 4 nitrogen and oxygen atoms in total. The molecular formula is C22H32O4. The lowest BCUT2D eigenvalue weighted by molar-refractivity contribution is -0.151. The first kappa shape index (κ1) is 18.1. The van der Waals surface area contributed by atoms with Crippen molar-refractivity contribution in [2.45, 2.75) is 78.2 Å². The average Bonchev–Trinajstić information content (AvgIpc) is 2.92. The van der Waals surface area contributed by atoms with Crippen molar-refractivity contribution in [3.8, 4) is 0 Å². The van der Waals surface area contributed by atoms with Crippen molar-refractivity contribution in [1.29, 1.82) is 0 Å². The number of allylic oxidation sites excluding steroid dienone is 1. The Kier molecular flexibility index (Phi) is 4.24. The van der Waals surface area contributed by atoms with E-state index in [2.05, 4.69) is 19.9 Å². The molecule has 26 heavy (non-hydrogen) atoms. The molecule has 0 aromatic heterocycles. The van der Waals surface area contributed by atoms with Crippen LogP contribution in [-0.2, 0) is 14.3 Å². The molecule has 0 bridgehead atoms. The zero-order chi connectivity index (χ0) is 18.7. The lowest BCUT2D eigenvalue weighted by atomic mass is 9.47. The van der Waals surface area contributed by atoms with Crippen molar-refractivity contribution in [1.82, 2.24) is 0 Å². The zero-order valence-electron chi connectivity index (χ0n) is 16.3. The number of hydrogen-bond acceptors (Lipinski definition) is 3. The van der Waals surface area contributed by atoms with Gasteiger partial charge < -0.3 is 9.84 Å². The molecule has 0 spiro atoms. The standard InChI is InChI=1S/C22H32O4/c1-13(23)26-15-8-10-21(2)14(12-15)4-5-16-17-6-7-19(20(24)25)22(17,3)11-9-18(16)21/h4,15-19H,5-12H2,1-3H3,(H,24,25)/t15-,16-,17+,18+,19+,21-,22+/m0/s1. The van der Waals surface area contributed by atoms with Gasteiger partial charge >= 0.3 is 11.9 Å². The number of ether oxygens (including phenoxy) is 1. The summed E-state index contributed by atoms with van der Waals surface area (Å²) in [6.45, 7) is 6.17. The number of carboxylic acids is 1. The van der Waals surface area contributed by atoms with Crippen LogP contribution in [0.3, 0.4) is 0 Å². The number of esters is 1. The Labute approximate surface area is 156 Å². The lowest BCUT2D eigenvalue weighted by Gasteiger charge is -2.57. The number of rotatable bonds is 2. The van der Waals surface area contributed by atoms with Gasteiger partial charge in [-0.3, -0.25) is 9.59 Å². The predicted molar refractivity (Wildman–Crippen MR) is 98.4 cm³/mol. The summed E-state index contributed by atoms with van der Waals surface area (Å²) in [4.78, 5) is 23.1. The maximum absolute atomic E-state index is 11.8. The van der Waals surface area contributed by atoms with Gasteiger partial charge in [-0.2, -0.15) is 0 Å². The van der Waals surface area contributed by atoms with Crippen LogP contribution in [0.15, 0.2) is 11.6 Å². The molecule has 4 rings (SSSR count). The van der Waals surface area contributed by atoms with Gasteiger partial charge in [-0.05, 0) is 73.5 Å². The van der Waals surface area contributed by atoms with Crippen LogP contribution in [0.2, 0.25) is 0 Å². The normalized spacial score (nSPS) is 47.2. The number of fused-ring (bicyclic) bond motifs is 5. The van der Waals surface area contributed by atoms with Crippen molar-refractivity contribution < 1.29 is 19.4 Å². The summed E-state index contributed by atoms with van der Waals surface area (Å²) in [6, 6.07) is 0. The van der Waals surface area contributed by atoms with E-state index in [0.717, 1.165) is 51.4 Å². The molecule has 0 aromatic rings. The molecule has 0 amide bonds. The lowest BCUT2D eigenvalue weighted by Crippen LogP contribution is -2.51. The first-order valence-corrected chi connectivity index (χ1v) is 10.4. The Morgan fingerprint density at radius 1 is 1.12 bits per heavy atom. The molecule has 0 unspecified atom stereocenters. The summed E-state index contributed by atoms with van der Waals surface area (Å²) in [5, 5.41) is 9.70. The van der Waals surface area contributed by atoms with Crippen LogP contribution in [-0.4, -0.2) is 23.1 Å². The molecule has 144 valence electrons. The summed E-state index contributed by atoms with van der Waals surface area (Å²) in [6.07, 6.45) is 10.6. The van der Waals surface area contributed by atoms with E-state index in [4.69, 9.17) is 4.74 Å². The van der Waals surface area contributed by atoms with Gasteiger partial charge in [0.25, 0.3) is 0 Å². The summed E-state index contributed by atoms with van der Waals surface area (Å²) >= 11 is 0. The Bertz CT molecular complexity index is 653. The highest BCUT2D eigenvalue weighted by Crippen LogP contribution is 2.66. The second kappa shape index (κ2) is 6.10. The fraction of sp³-hybridized carbons (Fsp3) is 0.818. The molecule has 4 heteroatoms. The van der Waals surface area contributed by atoms with E-state index in [9.17, 15) is 14.7 Å². The van der Waals surface area contributed by atoms with Crippen LogP contribution < -0.4 is 0 Å². The maximum atomic E-state index is 11.8. The molecule has 4 aliphatic carbocycles. The molecule has 3 fully saturated rings. The smallest absolute Gasteiger partial charge is 0.307 e. The Balaban J connectivity index is 1.59. The summed E-state index contributed by atoms with van der Waals surface area (Å²) in [5.74, 6) is 0.901. The van der Waals surface area contributed by atoms with Gasteiger partial charge in [0, 0.05) is 13.3 Å². The van der Waals surface area contributed by atoms with Gasteiger partial charge in [-0.15, -0.1) is 0 Å². The Morgan fingerprint density at radius 2 is 1.88 bits per heavy atom. The van der Waals surface area contributed by atoms with E-state index >= 15 is 0 Å². The zero-order valence-corrected chi connectivity index (χ0v) is 16.3. The minimum absolute atomic E-state index is 0.0242.